The van der Waals surface area contributed by atoms with E-state index in [4.69, 9.17) is 4.74 Å². The van der Waals surface area contributed by atoms with E-state index < -0.39 is 23.7 Å². The third kappa shape index (κ3) is 6.37. The molecule has 1 fully saturated rings. The summed E-state index contributed by atoms with van der Waals surface area (Å²) in [6.07, 6.45) is 1.08. The number of urea groups is 1. The number of benzene rings is 2. The van der Waals surface area contributed by atoms with Crippen LogP contribution >= 0.6 is 0 Å². The zero-order valence-electron chi connectivity index (χ0n) is 22.6. The van der Waals surface area contributed by atoms with Gasteiger partial charge in [-0.15, -0.1) is 0 Å². The molecule has 0 radical (unpaired) electrons. The van der Waals surface area contributed by atoms with Crippen molar-refractivity contribution in [2.75, 3.05) is 40.8 Å². The molecule has 1 heterocycles. The second-order valence-electron chi connectivity index (χ2n) is 9.88. The Balaban J connectivity index is 1.75. The van der Waals surface area contributed by atoms with Gasteiger partial charge < -0.3 is 19.9 Å². The van der Waals surface area contributed by atoms with Crippen molar-refractivity contribution in [3.8, 4) is 0 Å². The van der Waals surface area contributed by atoms with Crippen molar-refractivity contribution in [2.24, 2.45) is 5.41 Å². The Morgan fingerprint density at radius 1 is 0.946 bits per heavy atom. The topological polar surface area (TPSA) is 82.2 Å². The fourth-order valence-corrected chi connectivity index (χ4v) is 4.82. The van der Waals surface area contributed by atoms with E-state index in [0.717, 1.165) is 29.0 Å². The molecule has 1 aliphatic rings. The molecule has 0 aromatic heterocycles. The van der Waals surface area contributed by atoms with Crippen LogP contribution in [0, 0.1) is 5.41 Å². The highest BCUT2D eigenvalue weighted by Gasteiger charge is 2.62. The van der Waals surface area contributed by atoms with E-state index in [9.17, 15) is 14.4 Å². The number of hydrogen-bond acceptors (Lipinski definition) is 5. The van der Waals surface area contributed by atoms with Crippen LogP contribution < -0.4 is 5.32 Å². The summed E-state index contributed by atoms with van der Waals surface area (Å²) in [6, 6.07) is 18.3. The molecular weight excluding hydrogens is 468 g/mol. The zero-order valence-corrected chi connectivity index (χ0v) is 22.6. The van der Waals surface area contributed by atoms with Gasteiger partial charge in [-0.25, -0.2) is 9.69 Å². The number of likely N-dealkylation sites (N-methyl/N-ethyl adjacent to an activating group) is 1. The summed E-state index contributed by atoms with van der Waals surface area (Å²) in [4.78, 5) is 44.4. The molecule has 4 amide bonds. The smallest absolute Gasteiger partial charge is 0.327 e. The van der Waals surface area contributed by atoms with E-state index >= 15 is 0 Å². The van der Waals surface area contributed by atoms with Crippen molar-refractivity contribution in [1.29, 1.82) is 0 Å². The number of β-lactam (4-membered cyclic amide) rings is 1. The quantitative estimate of drug-likeness (QED) is 0.440. The number of nitrogens with zero attached hydrogens (tertiary/aromatic N) is 3. The highest BCUT2D eigenvalue weighted by Crippen LogP contribution is 2.46. The van der Waals surface area contributed by atoms with E-state index in [1.807, 2.05) is 88.6 Å². The molecule has 200 valence electrons. The fraction of sp³-hybridized carbons (Fsp3) is 0.483. The first-order valence-corrected chi connectivity index (χ1v) is 13.0. The molecule has 0 spiro atoms. The first kappa shape index (κ1) is 28.3. The number of rotatable bonds is 12. The molecule has 1 N–H and O–H groups in total. The molecule has 1 saturated heterocycles. The Hall–Kier alpha value is -3.23. The van der Waals surface area contributed by atoms with Crippen LogP contribution in [-0.4, -0.2) is 79.6 Å². The predicted molar refractivity (Wildman–Crippen MR) is 144 cm³/mol. The summed E-state index contributed by atoms with van der Waals surface area (Å²) in [5, 5.41) is 3.03. The second kappa shape index (κ2) is 12.8. The summed E-state index contributed by atoms with van der Waals surface area (Å²) >= 11 is 0. The normalized spacial score (nSPS) is 16.6. The summed E-state index contributed by atoms with van der Waals surface area (Å²) in [7, 11) is 5.73. The van der Waals surface area contributed by atoms with Crippen LogP contribution in [0.15, 0.2) is 60.7 Å². The van der Waals surface area contributed by atoms with Crippen molar-refractivity contribution >= 4 is 17.8 Å². The molecule has 1 unspecified atom stereocenters. The molecule has 0 saturated carbocycles. The van der Waals surface area contributed by atoms with Crippen LogP contribution in [0.5, 0.6) is 0 Å². The Morgan fingerprint density at radius 2 is 1.49 bits per heavy atom. The Morgan fingerprint density at radius 3 is 1.97 bits per heavy atom. The van der Waals surface area contributed by atoms with Gasteiger partial charge >= 0.3 is 6.03 Å². The zero-order chi connectivity index (χ0) is 27.0. The number of hydrogen-bond donors (Lipinski definition) is 1. The molecule has 8 heteroatoms. The monoisotopic (exact) mass is 508 g/mol. The number of carbonyl (C=O) groups is 3. The third-order valence-corrected chi connectivity index (χ3v) is 7.26. The van der Waals surface area contributed by atoms with Crippen molar-refractivity contribution in [3.05, 3.63) is 71.8 Å². The van der Waals surface area contributed by atoms with Crippen molar-refractivity contribution in [3.63, 3.8) is 0 Å². The first-order valence-electron chi connectivity index (χ1n) is 13.0. The van der Waals surface area contributed by atoms with Gasteiger partial charge in [0, 0.05) is 13.6 Å². The van der Waals surface area contributed by atoms with E-state index in [1.165, 1.54) is 0 Å². The average Bonchev–Trinajstić information content (AvgIpc) is 2.90. The van der Waals surface area contributed by atoms with E-state index in [0.29, 0.717) is 19.4 Å². The van der Waals surface area contributed by atoms with Crippen LogP contribution in [0.2, 0.25) is 0 Å². The lowest BCUT2D eigenvalue weighted by molar-refractivity contribution is -0.211. The molecule has 2 aromatic carbocycles. The van der Waals surface area contributed by atoms with Gasteiger partial charge in [0.1, 0.15) is 6.61 Å². The van der Waals surface area contributed by atoms with Gasteiger partial charge in [0.25, 0.3) is 0 Å². The van der Waals surface area contributed by atoms with Gasteiger partial charge in [0.2, 0.25) is 11.8 Å². The van der Waals surface area contributed by atoms with Gasteiger partial charge in [0.05, 0.1) is 11.5 Å². The molecular formula is C29H40N4O4. The van der Waals surface area contributed by atoms with Gasteiger partial charge in [0.15, 0.2) is 6.23 Å². The molecule has 37 heavy (non-hydrogen) atoms. The predicted octanol–water partition coefficient (Wildman–Crippen LogP) is 3.89. The lowest BCUT2D eigenvalue weighted by atomic mass is 9.72. The lowest BCUT2D eigenvalue weighted by Gasteiger charge is -2.53. The maximum Gasteiger partial charge on any atom is 0.327 e. The van der Waals surface area contributed by atoms with Crippen LogP contribution in [0.1, 0.15) is 50.3 Å². The SMILES string of the molecule is CCC1(CC)C(=O)N(C(=O)NC(c2ccccc2)c2ccccc2)C1OCC(=O)N(C)CCCN(C)C. The van der Waals surface area contributed by atoms with Crippen molar-refractivity contribution in [1.82, 2.24) is 20.0 Å². The van der Waals surface area contributed by atoms with Crippen LogP contribution in [0.4, 0.5) is 4.79 Å². The number of likely N-dealkylation sites (tertiary alicyclic amines) is 1. The van der Waals surface area contributed by atoms with Crippen molar-refractivity contribution in [2.45, 2.75) is 45.4 Å². The molecule has 0 bridgehead atoms. The number of carbonyl (C=O) groups excluding carboxylic acids is 3. The second-order valence-corrected chi connectivity index (χ2v) is 9.88. The maximum atomic E-state index is 13.5. The van der Waals surface area contributed by atoms with E-state index in [-0.39, 0.29) is 18.4 Å². The van der Waals surface area contributed by atoms with Crippen molar-refractivity contribution < 1.29 is 19.1 Å². The molecule has 1 atom stereocenters. The summed E-state index contributed by atoms with van der Waals surface area (Å²) in [5.41, 5.74) is 0.981. The summed E-state index contributed by atoms with van der Waals surface area (Å²) in [6.45, 7) is 5.12. The van der Waals surface area contributed by atoms with Gasteiger partial charge in [-0.2, -0.15) is 0 Å². The number of imide groups is 1. The minimum absolute atomic E-state index is 0.175. The first-order chi connectivity index (χ1) is 17.7. The minimum atomic E-state index is -0.823. The van der Waals surface area contributed by atoms with Gasteiger partial charge in [-0.05, 0) is 51.0 Å². The van der Waals surface area contributed by atoms with Crippen LogP contribution in [-0.2, 0) is 14.3 Å². The third-order valence-electron chi connectivity index (χ3n) is 7.26. The van der Waals surface area contributed by atoms with Gasteiger partial charge in [-0.1, -0.05) is 74.5 Å². The van der Waals surface area contributed by atoms with E-state index in [2.05, 4.69) is 10.2 Å². The van der Waals surface area contributed by atoms with Crippen LogP contribution in [0.3, 0.4) is 0 Å². The largest absolute Gasteiger partial charge is 0.347 e. The average molecular weight is 509 g/mol. The van der Waals surface area contributed by atoms with Crippen LogP contribution in [0.25, 0.3) is 0 Å². The molecule has 3 rings (SSSR count). The van der Waals surface area contributed by atoms with E-state index in [1.54, 1.807) is 11.9 Å². The maximum absolute atomic E-state index is 13.5. The Bertz CT molecular complexity index is 1000. The fourth-order valence-electron chi connectivity index (χ4n) is 4.82. The molecule has 2 aromatic rings. The number of amides is 4. The standard InChI is InChI=1S/C29H40N4O4/c1-6-29(7-2)26(35)33(27(29)37-21-24(34)32(5)20-14-19-31(3)4)28(36)30-25(22-15-10-8-11-16-22)23-17-12-9-13-18-23/h8-13,15-18,25,27H,6-7,14,19-21H2,1-5H3,(H,30,36). The highest BCUT2D eigenvalue weighted by molar-refractivity contribution is 6.03. The minimum Gasteiger partial charge on any atom is -0.347 e. The number of ether oxygens (including phenoxy) is 1. The summed E-state index contributed by atoms with van der Waals surface area (Å²) in [5.74, 6) is -0.447. The summed E-state index contributed by atoms with van der Waals surface area (Å²) < 4.78 is 6.03. The lowest BCUT2D eigenvalue weighted by Crippen LogP contribution is -2.72. The molecule has 8 nitrogen and oxygen atoms in total. The molecule has 1 aliphatic heterocycles. The Kier molecular flexibility index (Phi) is 9.83. The highest BCUT2D eigenvalue weighted by atomic mass is 16.5. The van der Waals surface area contributed by atoms with Gasteiger partial charge in [-0.3, -0.25) is 9.59 Å². The number of nitrogens with one attached hydrogen (secondary N) is 1. The molecule has 0 aliphatic carbocycles. The Labute approximate surface area is 220 Å².